The third-order valence-electron chi connectivity index (χ3n) is 9.63. The summed E-state index contributed by atoms with van der Waals surface area (Å²) < 4.78 is 0. The van der Waals surface area contributed by atoms with E-state index in [0.717, 1.165) is 12.8 Å². The molecule has 0 unspecified atom stereocenters. The number of benzene rings is 6. The number of fused-ring (bicyclic) bond motifs is 4. The second-order valence-electron chi connectivity index (χ2n) is 13.3. The van der Waals surface area contributed by atoms with E-state index in [1.165, 1.54) is 87.6 Å². The molecule has 0 nitrogen and oxygen atoms in total. The van der Waals surface area contributed by atoms with E-state index in [-0.39, 0.29) is 5.43 Å². The Morgan fingerprint density at radius 2 is 0.920 bits per heavy atom. The summed E-state index contributed by atoms with van der Waals surface area (Å²) in [6.07, 6.45) is 2.17. The van der Waals surface area contributed by atoms with Crippen LogP contribution in [0.15, 0.2) is 133 Å². The fourth-order valence-corrected chi connectivity index (χ4v) is 6.91. The van der Waals surface area contributed by atoms with E-state index >= 15 is 0 Å². The van der Waals surface area contributed by atoms with Crippen molar-refractivity contribution in [2.24, 2.45) is 0 Å². The molecule has 8 aromatic rings. The van der Waals surface area contributed by atoms with Gasteiger partial charge in [0.1, 0.15) is 0 Å². The number of hydrogen-bond donors (Lipinski definition) is 0. The van der Waals surface area contributed by atoms with Crippen molar-refractivity contribution in [3.05, 3.63) is 156 Å². The van der Waals surface area contributed by atoms with Gasteiger partial charge in [-0.2, -0.15) is 12.1 Å². The minimum atomic E-state index is -1.65. The maximum absolute atomic E-state index is 5.62. The summed E-state index contributed by atoms with van der Waals surface area (Å²) >= 11 is -1.65. The van der Waals surface area contributed by atoms with Crippen molar-refractivity contribution in [1.82, 2.24) is 0 Å². The zero-order valence-electron chi connectivity index (χ0n) is 29.9. The van der Waals surface area contributed by atoms with Crippen molar-refractivity contribution in [3.63, 3.8) is 0 Å². The van der Waals surface area contributed by atoms with E-state index in [1.807, 2.05) is 0 Å². The predicted octanol–water partition coefficient (Wildman–Crippen LogP) is 14.7. The molecule has 0 aliphatic rings. The molecule has 4 heteroatoms. The minimum absolute atomic E-state index is 0.224. The van der Waals surface area contributed by atoms with Gasteiger partial charge in [-0.1, -0.05) is 110 Å². The summed E-state index contributed by atoms with van der Waals surface area (Å²) in [4.78, 5) is 0. The molecule has 0 saturated carbocycles. The SMILES string of the molecule is CCc1cc2c(-c3c(C)ccc4ccccc34)cccc2[cH-]1.CCc1cc2c(-c3c(C)ccc4ccccc34)cccc2[cH-]1.C[Si](C)=[Zr]([Cl])[Cl]. The average molecular weight is 787 g/mol. The van der Waals surface area contributed by atoms with E-state index in [1.54, 1.807) is 0 Å². The summed E-state index contributed by atoms with van der Waals surface area (Å²) in [5.74, 6) is 0. The van der Waals surface area contributed by atoms with Crippen LogP contribution in [-0.2, 0) is 30.8 Å². The number of hydrogen-bond acceptors (Lipinski definition) is 0. The first-order valence-electron chi connectivity index (χ1n) is 17.5. The molecule has 0 spiro atoms. The van der Waals surface area contributed by atoms with Gasteiger partial charge in [-0.25, -0.2) is 0 Å². The van der Waals surface area contributed by atoms with Crippen LogP contribution in [0, 0.1) is 13.8 Å². The first-order valence-corrected chi connectivity index (χ1v) is 30.0. The maximum atomic E-state index is 5.62. The Morgan fingerprint density at radius 1 is 0.520 bits per heavy atom. The van der Waals surface area contributed by atoms with Crippen LogP contribution in [0.3, 0.4) is 0 Å². The molecule has 0 amide bonds. The molecular weight excluding hydrogens is 743 g/mol. The topological polar surface area (TPSA) is 0 Å². The summed E-state index contributed by atoms with van der Waals surface area (Å²) in [6.45, 7) is 13.2. The predicted molar refractivity (Wildman–Crippen MR) is 222 cm³/mol. The fraction of sp³-hybridized carbons (Fsp3) is 0.174. The zero-order valence-corrected chi connectivity index (χ0v) is 34.8. The van der Waals surface area contributed by atoms with Crippen molar-refractivity contribution in [2.75, 3.05) is 0 Å². The van der Waals surface area contributed by atoms with Gasteiger partial charge < -0.3 is 0 Å². The standard InChI is InChI=1S/2C22H19.C2H6Si.2ClH.Zr/c2*1-3-16-13-18-8-6-10-20(21(18)14-16)22-15(2)11-12-17-7-4-5-9-19(17)22;1-3-2;;;/h2*4-14H,3H2,1-2H3;1-2H3;2*1H;/q2*-1;;;;+2/p-2. The van der Waals surface area contributed by atoms with Gasteiger partial charge in [0, 0.05) is 0 Å². The van der Waals surface area contributed by atoms with Crippen molar-refractivity contribution in [1.29, 1.82) is 0 Å². The van der Waals surface area contributed by atoms with E-state index in [4.69, 9.17) is 17.0 Å². The van der Waals surface area contributed by atoms with Crippen LogP contribution in [0.5, 0.6) is 0 Å². The molecule has 50 heavy (non-hydrogen) atoms. The average Bonchev–Trinajstić information content (AvgIpc) is 3.77. The van der Waals surface area contributed by atoms with Gasteiger partial charge in [-0.15, -0.1) is 69.1 Å². The molecule has 0 aliphatic carbocycles. The van der Waals surface area contributed by atoms with Gasteiger partial charge in [-0.05, 0) is 70.5 Å². The number of aryl methyl sites for hydroxylation is 4. The zero-order chi connectivity index (χ0) is 35.4. The molecule has 252 valence electrons. The second-order valence-corrected chi connectivity index (χ2v) is 36.2. The molecule has 8 aromatic carbocycles. The van der Waals surface area contributed by atoms with Crippen molar-refractivity contribution >= 4 is 65.5 Å². The van der Waals surface area contributed by atoms with Crippen LogP contribution in [0.2, 0.25) is 13.1 Å². The molecule has 0 N–H and O–H groups in total. The van der Waals surface area contributed by atoms with Crippen LogP contribution in [0.4, 0.5) is 0 Å². The van der Waals surface area contributed by atoms with E-state index < -0.39 is 18.0 Å². The summed E-state index contributed by atoms with van der Waals surface area (Å²) in [6, 6.07) is 48.9. The Labute approximate surface area is 312 Å². The van der Waals surface area contributed by atoms with Crippen LogP contribution in [-0.4, -0.2) is 5.43 Å². The third kappa shape index (κ3) is 7.80. The van der Waals surface area contributed by atoms with Gasteiger partial charge in [-0.3, -0.25) is 0 Å². The van der Waals surface area contributed by atoms with Crippen LogP contribution in [0.1, 0.15) is 36.1 Å². The van der Waals surface area contributed by atoms with Crippen LogP contribution >= 0.6 is 17.0 Å². The van der Waals surface area contributed by atoms with Crippen molar-refractivity contribution in [2.45, 2.75) is 53.6 Å². The van der Waals surface area contributed by atoms with Gasteiger partial charge >= 0.3 is 53.5 Å². The van der Waals surface area contributed by atoms with E-state index in [2.05, 4.69) is 174 Å². The molecule has 0 bridgehead atoms. The molecule has 0 radical (unpaired) electrons. The quantitative estimate of drug-likeness (QED) is 0.123. The fourth-order valence-electron chi connectivity index (χ4n) is 6.91. The van der Waals surface area contributed by atoms with E-state index in [0.29, 0.717) is 0 Å². The molecule has 8 rings (SSSR count). The van der Waals surface area contributed by atoms with Gasteiger partial charge in [0.25, 0.3) is 0 Å². The first kappa shape index (κ1) is 36.5. The Hall–Kier alpha value is -3.26. The molecule has 0 atom stereocenters. The van der Waals surface area contributed by atoms with Crippen LogP contribution in [0.25, 0.3) is 65.3 Å². The Kier molecular flexibility index (Phi) is 12.0. The van der Waals surface area contributed by atoms with E-state index in [9.17, 15) is 0 Å². The molecule has 0 aromatic heterocycles. The number of rotatable bonds is 4. The first-order chi connectivity index (χ1) is 24.2. The Morgan fingerprint density at radius 3 is 1.30 bits per heavy atom. The summed E-state index contributed by atoms with van der Waals surface area (Å²) in [7, 11) is 11.2. The van der Waals surface area contributed by atoms with Crippen LogP contribution < -0.4 is 0 Å². The molecule has 0 fully saturated rings. The third-order valence-corrected chi connectivity index (χ3v) is 29.4. The Balaban J connectivity index is 0.000000149. The Bertz CT molecular complexity index is 2300. The molecule has 0 aliphatic heterocycles. The van der Waals surface area contributed by atoms with Gasteiger partial charge in [0.15, 0.2) is 0 Å². The number of halogens is 2. The van der Waals surface area contributed by atoms with Gasteiger partial charge in [0.2, 0.25) is 0 Å². The summed E-state index contributed by atoms with van der Waals surface area (Å²) in [5, 5.41) is 10.7. The van der Waals surface area contributed by atoms with Gasteiger partial charge in [0.05, 0.1) is 0 Å². The summed E-state index contributed by atoms with van der Waals surface area (Å²) in [5.41, 5.74) is 10.7. The molecular formula is C46H44Cl2SiZr-2. The molecule has 0 heterocycles. The molecule has 0 saturated heterocycles. The van der Waals surface area contributed by atoms with Crippen molar-refractivity contribution in [3.8, 4) is 22.3 Å². The second kappa shape index (κ2) is 16.4. The van der Waals surface area contributed by atoms with Crippen molar-refractivity contribution < 1.29 is 18.0 Å². The normalized spacial score (nSPS) is 11.0. The monoisotopic (exact) mass is 784 g/mol.